The molecule has 3 rings (SSSR count). The molecule has 7 heteroatoms. The van der Waals surface area contributed by atoms with Crippen molar-refractivity contribution in [2.75, 3.05) is 24.2 Å². The molecule has 0 bridgehead atoms. The number of nitrogen functional groups attached to an aromatic ring is 1. The predicted octanol–water partition coefficient (Wildman–Crippen LogP) is 4.42. The number of rotatable bonds is 9. The third kappa shape index (κ3) is 6.14. The Morgan fingerprint density at radius 1 is 1.18 bits per heavy atom. The lowest BCUT2D eigenvalue weighted by Crippen LogP contribution is -2.16. The third-order valence-electron chi connectivity index (χ3n) is 5.41. The van der Waals surface area contributed by atoms with Crippen LogP contribution in [0.4, 0.5) is 11.4 Å². The molecule has 2 aromatic carbocycles. The fraction of sp³-hybridized carbons (Fsp3) is 0.308. The average Bonchev–Trinajstić information content (AvgIpc) is 2.81. The van der Waals surface area contributed by atoms with Gasteiger partial charge in [-0.1, -0.05) is 12.2 Å². The van der Waals surface area contributed by atoms with Crippen LogP contribution in [-0.2, 0) is 6.54 Å². The Labute approximate surface area is 194 Å². The summed E-state index contributed by atoms with van der Waals surface area (Å²) in [6.45, 7) is 5.16. The van der Waals surface area contributed by atoms with E-state index in [1.165, 1.54) is 0 Å². The van der Waals surface area contributed by atoms with Crippen LogP contribution in [0.5, 0.6) is 11.5 Å². The Kier molecular flexibility index (Phi) is 8.10. The van der Waals surface area contributed by atoms with E-state index < -0.39 is 0 Å². The number of allylic oxidation sites excluding steroid dienone is 3. The maximum atomic E-state index is 9.24. The number of nitriles is 2. The van der Waals surface area contributed by atoms with Crippen LogP contribution in [0.3, 0.4) is 0 Å². The molecular weight excluding hydrogens is 414 g/mol. The van der Waals surface area contributed by atoms with Gasteiger partial charge in [0.25, 0.3) is 0 Å². The zero-order valence-electron chi connectivity index (χ0n) is 19.0. The van der Waals surface area contributed by atoms with E-state index in [9.17, 15) is 5.26 Å². The van der Waals surface area contributed by atoms with Crippen molar-refractivity contribution in [3.05, 3.63) is 70.4 Å². The SMILES string of the molecule is Cc1cc(C#N)cc(C)c1Oc1cc(NC2=CCC(C#N)C=C2)c(N)cc1CNCCCO. The van der Waals surface area contributed by atoms with Crippen molar-refractivity contribution in [3.8, 4) is 23.6 Å². The van der Waals surface area contributed by atoms with Crippen molar-refractivity contribution in [3.63, 3.8) is 0 Å². The Hall–Kier alpha value is -3.78. The lowest BCUT2D eigenvalue weighted by molar-refractivity contribution is 0.286. The van der Waals surface area contributed by atoms with Gasteiger partial charge in [-0.3, -0.25) is 0 Å². The molecule has 33 heavy (non-hydrogen) atoms. The molecule has 170 valence electrons. The van der Waals surface area contributed by atoms with Crippen LogP contribution in [0.1, 0.15) is 35.1 Å². The van der Waals surface area contributed by atoms with Crippen LogP contribution in [-0.4, -0.2) is 18.3 Å². The summed E-state index contributed by atoms with van der Waals surface area (Å²) in [6.07, 6.45) is 7.04. The number of aryl methyl sites for hydroxylation is 2. The number of nitrogens with zero attached hydrogens (tertiary/aromatic N) is 2. The molecule has 5 N–H and O–H groups in total. The number of aliphatic hydroxyl groups excluding tert-OH is 1. The molecule has 0 heterocycles. The summed E-state index contributed by atoms with van der Waals surface area (Å²) in [5.74, 6) is 1.24. The highest BCUT2D eigenvalue weighted by Crippen LogP contribution is 2.36. The average molecular weight is 444 g/mol. The normalized spacial score (nSPS) is 14.8. The summed E-state index contributed by atoms with van der Waals surface area (Å²) >= 11 is 0. The number of anilines is 2. The van der Waals surface area contributed by atoms with E-state index in [-0.39, 0.29) is 12.5 Å². The molecule has 0 saturated carbocycles. The largest absolute Gasteiger partial charge is 0.456 e. The Balaban J connectivity index is 1.92. The Bertz CT molecular complexity index is 1130. The number of ether oxygens (including phenoxy) is 1. The number of nitrogens with two attached hydrogens (primary N) is 1. The number of benzene rings is 2. The van der Waals surface area contributed by atoms with Gasteiger partial charge in [0.2, 0.25) is 0 Å². The monoisotopic (exact) mass is 443 g/mol. The number of hydrogen-bond acceptors (Lipinski definition) is 7. The molecule has 1 aliphatic rings. The van der Waals surface area contributed by atoms with Crippen LogP contribution in [0.25, 0.3) is 0 Å². The first-order chi connectivity index (χ1) is 15.9. The summed E-state index contributed by atoms with van der Waals surface area (Å²) in [5, 5.41) is 34.0. The first-order valence-electron chi connectivity index (χ1n) is 10.9. The molecule has 1 atom stereocenters. The lowest BCUT2D eigenvalue weighted by atomic mass is 10.0. The van der Waals surface area contributed by atoms with E-state index in [2.05, 4.69) is 22.8 Å². The molecular formula is C26H29N5O2. The van der Waals surface area contributed by atoms with Crippen LogP contribution in [0, 0.1) is 42.4 Å². The van der Waals surface area contributed by atoms with E-state index in [1.807, 2.05) is 44.2 Å². The fourth-order valence-corrected chi connectivity index (χ4v) is 3.66. The van der Waals surface area contributed by atoms with Crippen molar-refractivity contribution in [2.45, 2.75) is 33.2 Å². The van der Waals surface area contributed by atoms with Gasteiger partial charge in [0.15, 0.2) is 0 Å². The van der Waals surface area contributed by atoms with E-state index in [0.717, 1.165) is 22.4 Å². The minimum absolute atomic E-state index is 0.110. The molecule has 0 spiro atoms. The first-order valence-corrected chi connectivity index (χ1v) is 10.9. The summed E-state index contributed by atoms with van der Waals surface area (Å²) < 4.78 is 6.37. The van der Waals surface area contributed by atoms with Gasteiger partial charge in [0, 0.05) is 30.5 Å². The maximum absolute atomic E-state index is 9.24. The summed E-state index contributed by atoms with van der Waals surface area (Å²) in [7, 11) is 0. The van der Waals surface area contributed by atoms with E-state index in [0.29, 0.717) is 54.4 Å². The number of nitrogens with one attached hydrogen (secondary N) is 2. The molecule has 0 radical (unpaired) electrons. The van der Waals surface area contributed by atoms with Gasteiger partial charge in [-0.2, -0.15) is 10.5 Å². The molecule has 7 nitrogen and oxygen atoms in total. The van der Waals surface area contributed by atoms with Crippen molar-refractivity contribution in [2.24, 2.45) is 5.92 Å². The van der Waals surface area contributed by atoms with Crippen LogP contribution >= 0.6 is 0 Å². The fourth-order valence-electron chi connectivity index (χ4n) is 3.66. The standard InChI is InChI=1S/C26H29N5O2/c1-17-10-20(15-28)11-18(2)26(17)33-25-13-24(31-22-6-4-19(14-27)5-7-22)23(29)12-21(25)16-30-8-3-9-32/h4,6-7,10-13,19,30-32H,3,5,8-9,16,29H2,1-2H3. The van der Waals surface area contributed by atoms with Gasteiger partial charge in [-0.15, -0.1) is 0 Å². The van der Waals surface area contributed by atoms with Crippen LogP contribution < -0.4 is 21.1 Å². The van der Waals surface area contributed by atoms with E-state index in [1.54, 1.807) is 12.1 Å². The molecule has 2 aromatic rings. The molecule has 0 aliphatic heterocycles. The van der Waals surface area contributed by atoms with E-state index >= 15 is 0 Å². The van der Waals surface area contributed by atoms with Gasteiger partial charge < -0.3 is 26.2 Å². The minimum Gasteiger partial charge on any atom is -0.456 e. The maximum Gasteiger partial charge on any atom is 0.134 e. The van der Waals surface area contributed by atoms with Gasteiger partial charge in [0.05, 0.1) is 35.0 Å². The highest BCUT2D eigenvalue weighted by atomic mass is 16.5. The molecule has 1 unspecified atom stereocenters. The zero-order valence-corrected chi connectivity index (χ0v) is 19.0. The Morgan fingerprint density at radius 3 is 2.55 bits per heavy atom. The summed E-state index contributed by atoms with van der Waals surface area (Å²) in [4.78, 5) is 0. The van der Waals surface area contributed by atoms with Crippen LogP contribution in [0.2, 0.25) is 0 Å². The summed E-state index contributed by atoms with van der Waals surface area (Å²) in [6, 6.07) is 11.8. The second kappa shape index (κ2) is 11.2. The topological polar surface area (TPSA) is 127 Å². The molecule has 0 aromatic heterocycles. The minimum atomic E-state index is -0.110. The highest BCUT2D eigenvalue weighted by Gasteiger charge is 2.15. The highest BCUT2D eigenvalue weighted by molar-refractivity contribution is 5.73. The Morgan fingerprint density at radius 2 is 1.94 bits per heavy atom. The molecule has 0 amide bonds. The van der Waals surface area contributed by atoms with Crippen molar-refractivity contribution < 1.29 is 9.84 Å². The third-order valence-corrected chi connectivity index (χ3v) is 5.41. The van der Waals surface area contributed by atoms with Crippen molar-refractivity contribution >= 4 is 11.4 Å². The van der Waals surface area contributed by atoms with Crippen molar-refractivity contribution in [1.82, 2.24) is 5.32 Å². The van der Waals surface area contributed by atoms with Crippen molar-refractivity contribution in [1.29, 1.82) is 10.5 Å². The van der Waals surface area contributed by atoms with Crippen LogP contribution in [0.15, 0.2) is 48.2 Å². The second-order valence-electron chi connectivity index (χ2n) is 8.07. The molecule has 1 aliphatic carbocycles. The second-order valence-corrected chi connectivity index (χ2v) is 8.07. The predicted molar refractivity (Wildman–Crippen MR) is 130 cm³/mol. The smallest absolute Gasteiger partial charge is 0.134 e. The number of hydrogen-bond donors (Lipinski definition) is 4. The van der Waals surface area contributed by atoms with E-state index in [4.69, 9.17) is 20.8 Å². The van der Waals surface area contributed by atoms with Gasteiger partial charge in [-0.05, 0) is 68.6 Å². The lowest BCUT2D eigenvalue weighted by Gasteiger charge is -2.20. The molecule has 0 saturated heterocycles. The van der Waals surface area contributed by atoms with Gasteiger partial charge >= 0.3 is 0 Å². The zero-order chi connectivity index (χ0) is 23.8. The summed E-state index contributed by atoms with van der Waals surface area (Å²) in [5.41, 5.74) is 11.7. The molecule has 0 fully saturated rings. The number of aliphatic hydroxyl groups is 1. The van der Waals surface area contributed by atoms with Gasteiger partial charge in [-0.25, -0.2) is 0 Å². The first kappa shape index (κ1) is 23.9. The quantitative estimate of drug-likeness (QED) is 0.334. The van der Waals surface area contributed by atoms with Gasteiger partial charge in [0.1, 0.15) is 11.5 Å².